The van der Waals surface area contributed by atoms with Crippen LogP contribution < -0.4 is 5.32 Å². The summed E-state index contributed by atoms with van der Waals surface area (Å²) >= 11 is 6.88. The highest BCUT2D eigenvalue weighted by molar-refractivity contribution is 9.11. The second kappa shape index (κ2) is 5.75. The lowest BCUT2D eigenvalue weighted by molar-refractivity contribution is 0.566. The molecule has 0 spiro atoms. The topological polar surface area (TPSA) is 53.6 Å². The Labute approximate surface area is 116 Å². The minimum absolute atomic E-state index is 0.242. The lowest BCUT2D eigenvalue weighted by Gasteiger charge is -2.12. The predicted octanol–water partition coefficient (Wildman–Crippen LogP) is 3.18. The number of hydrogen-bond donors (Lipinski definition) is 2. The SMILES string of the molecule is CC(NCc1ncc(Br)cc1Br)c1cn[nH]c1. The van der Waals surface area contributed by atoms with Gasteiger partial charge in [0.05, 0.1) is 11.9 Å². The van der Waals surface area contributed by atoms with Gasteiger partial charge in [0.1, 0.15) is 0 Å². The van der Waals surface area contributed by atoms with Gasteiger partial charge in [0.25, 0.3) is 0 Å². The highest BCUT2D eigenvalue weighted by Gasteiger charge is 2.08. The first-order valence-corrected chi connectivity index (χ1v) is 6.77. The Morgan fingerprint density at radius 1 is 1.41 bits per heavy atom. The summed E-state index contributed by atoms with van der Waals surface area (Å²) in [6.45, 7) is 2.80. The van der Waals surface area contributed by atoms with Crippen molar-refractivity contribution in [3.05, 3.63) is 44.9 Å². The van der Waals surface area contributed by atoms with Crippen LogP contribution in [-0.2, 0) is 6.54 Å². The van der Waals surface area contributed by atoms with Crippen LogP contribution in [0.15, 0.2) is 33.6 Å². The van der Waals surface area contributed by atoms with Crippen LogP contribution in [0.1, 0.15) is 24.2 Å². The van der Waals surface area contributed by atoms with Gasteiger partial charge in [-0.1, -0.05) is 0 Å². The van der Waals surface area contributed by atoms with Crippen LogP contribution in [0.25, 0.3) is 0 Å². The molecule has 1 unspecified atom stereocenters. The summed E-state index contributed by atoms with van der Waals surface area (Å²) < 4.78 is 1.97. The summed E-state index contributed by atoms with van der Waals surface area (Å²) in [7, 11) is 0. The van der Waals surface area contributed by atoms with Gasteiger partial charge < -0.3 is 5.32 Å². The van der Waals surface area contributed by atoms with Crippen molar-refractivity contribution >= 4 is 31.9 Å². The summed E-state index contributed by atoms with van der Waals surface area (Å²) in [4.78, 5) is 4.35. The second-order valence-corrected chi connectivity index (χ2v) is 5.49. The Morgan fingerprint density at radius 2 is 2.24 bits per heavy atom. The zero-order valence-electron chi connectivity index (χ0n) is 9.24. The molecule has 1 atom stereocenters. The molecule has 2 aromatic rings. The fraction of sp³-hybridized carbons (Fsp3) is 0.273. The summed E-state index contributed by atoms with van der Waals surface area (Å²) in [6, 6.07) is 2.23. The average Bonchev–Trinajstić information content (AvgIpc) is 2.81. The number of pyridine rings is 1. The fourth-order valence-electron chi connectivity index (χ4n) is 1.44. The largest absolute Gasteiger partial charge is 0.304 e. The van der Waals surface area contributed by atoms with Gasteiger partial charge in [-0.3, -0.25) is 10.1 Å². The molecule has 0 bridgehead atoms. The summed E-state index contributed by atoms with van der Waals surface area (Å²) in [5.74, 6) is 0. The molecule has 2 heterocycles. The highest BCUT2D eigenvalue weighted by atomic mass is 79.9. The van der Waals surface area contributed by atoms with Crippen molar-refractivity contribution in [3.8, 4) is 0 Å². The Hall–Kier alpha value is -0.720. The van der Waals surface area contributed by atoms with Gasteiger partial charge in [-0.15, -0.1) is 0 Å². The molecule has 17 heavy (non-hydrogen) atoms. The summed E-state index contributed by atoms with van der Waals surface area (Å²) in [6.07, 6.45) is 5.51. The molecule has 0 aromatic carbocycles. The van der Waals surface area contributed by atoms with E-state index in [0.717, 1.165) is 20.2 Å². The predicted molar refractivity (Wildman–Crippen MR) is 73.5 cm³/mol. The standard InChI is InChI=1S/C11H12Br2N4/c1-7(8-3-16-17-4-8)14-6-11-10(13)2-9(12)5-15-11/h2-5,7,14H,6H2,1H3,(H,16,17). The third-order valence-electron chi connectivity index (χ3n) is 2.48. The zero-order valence-corrected chi connectivity index (χ0v) is 12.4. The molecule has 0 saturated heterocycles. The molecule has 6 heteroatoms. The van der Waals surface area contributed by atoms with Crippen molar-refractivity contribution in [2.45, 2.75) is 19.5 Å². The summed E-state index contributed by atoms with van der Waals surface area (Å²) in [5, 5.41) is 10.1. The number of aromatic amines is 1. The molecule has 0 radical (unpaired) electrons. The van der Waals surface area contributed by atoms with E-state index in [4.69, 9.17) is 0 Å². The van der Waals surface area contributed by atoms with E-state index < -0.39 is 0 Å². The van der Waals surface area contributed by atoms with E-state index in [1.54, 1.807) is 6.20 Å². The van der Waals surface area contributed by atoms with Crippen LogP contribution in [0.5, 0.6) is 0 Å². The van der Waals surface area contributed by atoms with E-state index in [-0.39, 0.29) is 6.04 Å². The third-order valence-corrected chi connectivity index (χ3v) is 3.60. The number of nitrogens with zero attached hydrogens (tertiary/aromatic N) is 2. The Kier molecular flexibility index (Phi) is 4.31. The van der Waals surface area contributed by atoms with Crippen molar-refractivity contribution in [2.75, 3.05) is 0 Å². The van der Waals surface area contributed by atoms with Crippen molar-refractivity contribution in [3.63, 3.8) is 0 Å². The van der Waals surface area contributed by atoms with Crippen LogP contribution in [0, 0.1) is 0 Å². The number of halogens is 2. The van der Waals surface area contributed by atoms with Gasteiger partial charge in [0, 0.05) is 39.5 Å². The number of nitrogens with one attached hydrogen (secondary N) is 2. The van der Waals surface area contributed by atoms with E-state index in [1.807, 2.05) is 18.5 Å². The van der Waals surface area contributed by atoms with Crippen molar-refractivity contribution in [1.82, 2.24) is 20.5 Å². The first kappa shape index (κ1) is 12.7. The maximum Gasteiger partial charge on any atom is 0.0684 e. The van der Waals surface area contributed by atoms with E-state index >= 15 is 0 Å². The number of aromatic nitrogens is 3. The van der Waals surface area contributed by atoms with Gasteiger partial charge >= 0.3 is 0 Å². The molecular formula is C11H12Br2N4. The van der Waals surface area contributed by atoms with Gasteiger partial charge in [-0.05, 0) is 44.8 Å². The maximum atomic E-state index is 4.35. The van der Waals surface area contributed by atoms with Crippen LogP contribution in [0.3, 0.4) is 0 Å². The molecule has 0 aliphatic carbocycles. The Morgan fingerprint density at radius 3 is 2.88 bits per heavy atom. The molecule has 0 saturated carbocycles. The van der Waals surface area contributed by atoms with Gasteiger partial charge in [0.15, 0.2) is 0 Å². The molecule has 0 amide bonds. The number of rotatable bonds is 4. The Bertz CT molecular complexity index is 484. The fourth-order valence-corrected chi connectivity index (χ4v) is 2.57. The zero-order chi connectivity index (χ0) is 12.3. The van der Waals surface area contributed by atoms with E-state index in [0.29, 0.717) is 6.54 Å². The molecule has 90 valence electrons. The van der Waals surface area contributed by atoms with Gasteiger partial charge in [-0.2, -0.15) is 5.10 Å². The molecule has 2 rings (SSSR count). The average molecular weight is 360 g/mol. The van der Waals surface area contributed by atoms with Crippen molar-refractivity contribution < 1.29 is 0 Å². The molecule has 2 N–H and O–H groups in total. The van der Waals surface area contributed by atoms with E-state index in [2.05, 4.69) is 59.3 Å². The van der Waals surface area contributed by atoms with Crippen LogP contribution in [-0.4, -0.2) is 15.2 Å². The monoisotopic (exact) mass is 358 g/mol. The molecule has 0 aliphatic rings. The molecule has 0 fully saturated rings. The summed E-state index contributed by atoms with van der Waals surface area (Å²) in [5.41, 5.74) is 2.13. The molecule has 0 aliphatic heterocycles. The number of hydrogen-bond acceptors (Lipinski definition) is 3. The Balaban J connectivity index is 1.98. The first-order chi connectivity index (χ1) is 8.16. The number of H-pyrrole nitrogens is 1. The lowest BCUT2D eigenvalue weighted by atomic mass is 10.2. The second-order valence-electron chi connectivity index (χ2n) is 3.72. The highest BCUT2D eigenvalue weighted by Crippen LogP contribution is 2.20. The normalized spacial score (nSPS) is 12.6. The van der Waals surface area contributed by atoms with Gasteiger partial charge in [0.2, 0.25) is 0 Å². The van der Waals surface area contributed by atoms with Crippen LogP contribution in [0.4, 0.5) is 0 Å². The smallest absolute Gasteiger partial charge is 0.0684 e. The van der Waals surface area contributed by atoms with Crippen molar-refractivity contribution in [2.24, 2.45) is 0 Å². The molecular weight excluding hydrogens is 348 g/mol. The quantitative estimate of drug-likeness (QED) is 0.881. The van der Waals surface area contributed by atoms with Gasteiger partial charge in [-0.25, -0.2) is 0 Å². The maximum absolute atomic E-state index is 4.35. The lowest BCUT2D eigenvalue weighted by Crippen LogP contribution is -2.18. The molecule has 2 aromatic heterocycles. The van der Waals surface area contributed by atoms with E-state index in [9.17, 15) is 0 Å². The van der Waals surface area contributed by atoms with Crippen LogP contribution in [0.2, 0.25) is 0 Å². The minimum atomic E-state index is 0.242. The van der Waals surface area contributed by atoms with Crippen molar-refractivity contribution in [1.29, 1.82) is 0 Å². The third kappa shape index (κ3) is 3.37. The van der Waals surface area contributed by atoms with Crippen LogP contribution >= 0.6 is 31.9 Å². The first-order valence-electron chi connectivity index (χ1n) is 5.19. The molecule has 4 nitrogen and oxygen atoms in total. The van der Waals surface area contributed by atoms with E-state index in [1.165, 1.54) is 0 Å². The minimum Gasteiger partial charge on any atom is -0.304 e.